The highest BCUT2D eigenvalue weighted by molar-refractivity contribution is 5.32. The Morgan fingerprint density at radius 3 is 2.50 bits per heavy atom. The van der Waals surface area contributed by atoms with Gasteiger partial charge in [0.05, 0.1) is 19.3 Å². The fourth-order valence-corrected chi connectivity index (χ4v) is 2.66. The van der Waals surface area contributed by atoms with Crippen LogP contribution in [0.25, 0.3) is 0 Å². The van der Waals surface area contributed by atoms with Crippen molar-refractivity contribution >= 4 is 0 Å². The van der Waals surface area contributed by atoms with Crippen LogP contribution in [0.1, 0.15) is 19.4 Å². The van der Waals surface area contributed by atoms with Gasteiger partial charge in [0.25, 0.3) is 0 Å². The SMILES string of the molecule is CC(C)NC(C#N)(CN1CCOCC1)c1ccccc1. The van der Waals surface area contributed by atoms with E-state index in [0.29, 0.717) is 6.54 Å². The summed E-state index contributed by atoms with van der Waals surface area (Å²) in [4.78, 5) is 2.30. The Morgan fingerprint density at radius 2 is 1.95 bits per heavy atom. The van der Waals surface area contributed by atoms with Gasteiger partial charge < -0.3 is 4.74 Å². The van der Waals surface area contributed by atoms with Crippen LogP contribution in [0.4, 0.5) is 0 Å². The van der Waals surface area contributed by atoms with Crippen LogP contribution in [0.3, 0.4) is 0 Å². The van der Waals surface area contributed by atoms with Gasteiger partial charge in [-0.1, -0.05) is 30.3 Å². The average Bonchev–Trinajstić information content (AvgIpc) is 2.48. The van der Waals surface area contributed by atoms with E-state index in [9.17, 15) is 5.26 Å². The molecule has 1 N–H and O–H groups in total. The Balaban J connectivity index is 2.25. The smallest absolute Gasteiger partial charge is 0.145 e. The zero-order valence-electron chi connectivity index (χ0n) is 12.3. The van der Waals surface area contributed by atoms with Gasteiger partial charge in [0.15, 0.2) is 0 Å². The van der Waals surface area contributed by atoms with E-state index in [4.69, 9.17) is 4.74 Å². The van der Waals surface area contributed by atoms with E-state index in [-0.39, 0.29) is 6.04 Å². The van der Waals surface area contributed by atoms with Gasteiger partial charge in [-0.05, 0) is 19.4 Å². The zero-order valence-corrected chi connectivity index (χ0v) is 12.3. The largest absolute Gasteiger partial charge is 0.379 e. The molecule has 1 heterocycles. The van der Waals surface area contributed by atoms with Gasteiger partial charge in [-0.25, -0.2) is 0 Å². The maximum atomic E-state index is 9.84. The van der Waals surface area contributed by atoms with E-state index in [2.05, 4.69) is 30.1 Å². The first kappa shape index (κ1) is 15.0. The van der Waals surface area contributed by atoms with Gasteiger partial charge in [-0.2, -0.15) is 5.26 Å². The summed E-state index contributed by atoms with van der Waals surface area (Å²) in [5.74, 6) is 0. The summed E-state index contributed by atoms with van der Waals surface area (Å²) in [6, 6.07) is 12.8. The molecule has 0 bridgehead atoms. The third kappa shape index (κ3) is 3.57. The van der Waals surface area contributed by atoms with Crippen LogP contribution >= 0.6 is 0 Å². The van der Waals surface area contributed by atoms with E-state index in [0.717, 1.165) is 31.9 Å². The van der Waals surface area contributed by atoms with E-state index in [1.54, 1.807) is 0 Å². The molecule has 1 saturated heterocycles. The third-order valence-corrected chi connectivity index (χ3v) is 3.56. The summed E-state index contributed by atoms with van der Waals surface area (Å²) < 4.78 is 5.39. The van der Waals surface area contributed by atoms with E-state index in [1.807, 2.05) is 30.3 Å². The maximum Gasteiger partial charge on any atom is 0.145 e. The number of nitrogens with one attached hydrogen (secondary N) is 1. The summed E-state index contributed by atoms with van der Waals surface area (Å²) in [5, 5.41) is 13.3. The lowest BCUT2D eigenvalue weighted by Crippen LogP contribution is -2.54. The number of nitriles is 1. The van der Waals surface area contributed by atoms with Crippen molar-refractivity contribution in [1.29, 1.82) is 5.26 Å². The van der Waals surface area contributed by atoms with E-state index < -0.39 is 5.54 Å². The topological polar surface area (TPSA) is 48.3 Å². The number of hydrogen-bond donors (Lipinski definition) is 1. The molecule has 0 spiro atoms. The highest BCUT2D eigenvalue weighted by atomic mass is 16.5. The van der Waals surface area contributed by atoms with Gasteiger partial charge in [0, 0.05) is 25.7 Å². The van der Waals surface area contributed by atoms with Crippen molar-refractivity contribution in [3.05, 3.63) is 35.9 Å². The molecule has 1 aromatic rings. The molecule has 1 atom stereocenters. The Hall–Kier alpha value is -1.41. The lowest BCUT2D eigenvalue weighted by atomic mass is 9.89. The minimum Gasteiger partial charge on any atom is -0.379 e. The van der Waals surface area contributed by atoms with Crippen molar-refractivity contribution in [2.45, 2.75) is 25.4 Å². The number of hydrogen-bond acceptors (Lipinski definition) is 4. The minimum absolute atomic E-state index is 0.246. The second-order valence-electron chi connectivity index (χ2n) is 5.57. The third-order valence-electron chi connectivity index (χ3n) is 3.56. The molecule has 4 heteroatoms. The van der Waals surface area contributed by atoms with Gasteiger partial charge in [-0.3, -0.25) is 10.2 Å². The van der Waals surface area contributed by atoms with Crippen LogP contribution in [0.2, 0.25) is 0 Å². The predicted molar refractivity (Wildman–Crippen MR) is 79.3 cm³/mol. The zero-order chi connectivity index (χ0) is 14.4. The van der Waals surface area contributed by atoms with Gasteiger partial charge in [-0.15, -0.1) is 0 Å². The Kier molecular flexibility index (Phi) is 5.13. The second-order valence-corrected chi connectivity index (χ2v) is 5.57. The van der Waals surface area contributed by atoms with E-state index in [1.165, 1.54) is 0 Å². The quantitative estimate of drug-likeness (QED) is 0.887. The highest BCUT2D eigenvalue weighted by Crippen LogP contribution is 2.23. The molecular weight excluding hydrogens is 250 g/mol. The van der Waals surface area contributed by atoms with E-state index >= 15 is 0 Å². The number of ether oxygens (including phenoxy) is 1. The number of benzene rings is 1. The molecule has 0 aliphatic carbocycles. The molecule has 0 amide bonds. The van der Waals surface area contributed by atoms with Crippen LogP contribution in [-0.4, -0.2) is 43.8 Å². The first-order valence-corrected chi connectivity index (χ1v) is 7.21. The molecule has 1 fully saturated rings. The Morgan fingerprint density at radius 1 is 1.30 bits per heavy atom. The molecular formula is C16H23N3O. The van der Waals surface area contributed by atoms with Crippen LogP contribution < -0.4 is 5.32 Å². The van der Waals surface area contributed by atoms with Crippen molar-refractivity contribution in [2.24, 2.45) is 0 Å². The van der Waals surface area contributed by atoms with Crippen LogP contribution in [0, 0.1) is 11.3 Å². The number of morpholine rings is 1. The lowest BCUT2D eigenvalue weighted by molar-refractivity contribution is 0.0276. The molecule has 1 aliphatic rings. The highest BCUT2D eigenvalue weighted by Gasteiger charge is 2.35. The van der Waals surface area contributed by atoms with Crippen LogP contribution in [-0.2, 0) is 10.3 Å². The van der Waals surface area contributed by atoms with Crippen molar-refractivity contribution in [1.82, 2.24) is 10.2 Å². The molecule has 4 nitrogen and oxygen atoms in total. The molecule has 20 heavy (non-hydrogen) atoms. The van der Waals surface area contributed by atoms with Gasteiger partial charge in [0.2, 0.25) is 0 Å². The normalized spacial score (nSPS) is 19.5. The van der Waals surface area contributed by atoms with Crippen molar-refractivity contribution < 1.29 is 4.74 Å². The van der Waals surface area contributed by atoms with Gasteiger partial charge in [0.1, 0.15) is 5.54 Å². The minimum atomic E-state index is -0.660. The predicted octanol–water partition coefficient (Wildman–Crippen LogP) is 1.74. The second kappa shape index (κ2) is 6.85. The standard InChI is InChI=1S/C16H23N3O/c1-14(2)18-16(12-17,15-6-4-3-5-7-15)13-19-8-10-20-11-9-19/h3-7,14,18H,8-11,13H2,1-2H3. The summed E-state index contributed by atoms with van der Waals surface area (Å²) in [5.41, 5.74) is 0.370. The Bertz CT molecular complexity index is 449. The fraction of sp³-hybridized carbons (Fsp3) is 0.562. The van der Waals surface area contributed by atoms with Crippen molar-refractivity contribution in [3.8, 4) is 6.07 Å². The Labute approximate surface area is 121 Å². The van der Waals surface area contributed by atoms with Crippen molar-refractivity contribution in [3.63, 3.8) is 0 Å². The molecule has 108 valence electrons. The summed E-state index contributed by atoms with van der Waals surface area (Å²) in [6.45, 7) is 8.11. The molecule has 1 unspecified atom stereocenters. The number of nitrogens with zero attached hydrogens (tertiary/aromatic N) is 2. The molecule has 0 radical (unpaired) electrons. The monoisotopic (exact) mass is 273 g/mol. The van der Waals surface area contributed by atoms with Crippen LogP contribution in [0.15, 0.2) is 30.3 Å². The van der Waals surface area contributed by atoms with Crippen molar-refractivity contribution in [2.75, 3.05) is 32.8 Å². The van der Waals surface area contributed by atoms with Gasteiger partial charge >= 0.3 is 0 Å². The average molecular weight is 273 g/mol. The van der Waals surface area contributed by atoms with Crippen LogP contribution in [0.5, 0.6) is 0 Å². The molecule has 0 saturated carbocycles. The molecule has 2 rings (SSSR count). The summed E-state index contributed by atoms with van der Waals surface area (Å²) >= 11 is 0. The number of rotatable bonds is 5. The first-order valence-electron chi connectivity index (χ1n) is 7.21. The maximum absolute atomic E-state index is 9.84. The molecule has 1 aromatic carbocycles. The fourth-order valence-electron chi connectivity index (χ4n) is 2.66. The lowest BCUT2D eigenvalue weighted by Gasteiger charge is -2.37. The molecule has 0 aromatic heterocycles. The molecule has 1 aliphatic heterocycles. The first-order chi connectivity index (χ1) is 9.66. The summed E-state index contributed by atoms with van der Waals surface area (Å²) in [7, 11) is 0. The summed E-state index contributed by atoms with van der Waals surface area (Å²) in [6.07, 6.45) is 0.